The van der Waals surface area contributed by atoms with Gasteiger partial charge in [-0.05, 0) is 23.7 Å². The molecular formula is C14H15N5OS. The number of nitrogens with one attached hydrogen (secondary N) is 3. The number of aromatic amines is 1. The molecule has 0 aliphatic carbocycles. The van der Waals surface area contributed by atoms with E-state index in [1.165, 1.54) is 16.4 Å². The molecule has 6 nitrogen and oxygen atoms in total. The average Bonchev–Trinajstić information content (AvgIpc) is 3.16. The summed E-state index contributed by atoms with van der Waals surface area (Å²) >= 11 is 1.47. The van der Waals surface area contributed by atoms with E-state index in [-0.39, 0.29) is 5.91 Å². The maximum Gasteiger partial charge on any atom is 0.272 e. The minimum atomic E-state index is -0.160. The second-order valence-corrected chi connectivity index (χ2v) is 5.45. The number of para-hydroxylation sites is 1. The monoisotopic (exact) mass is 301 g/mol. The first-order valence-corrected chi connectivity index (χ1v) is 7.43. The van der Waals surface area contributed by atoms with Crippen molar-refractivity contribution in [2.24, 2.45) is 0 Å². The van der Waals surface area contributed by atoms with Crippen LogP contribution >= 0.6 is 11.5 Å². The Balaban J connectivity index is 1.48. The summed E-state index contributed by atoms with van der Waals surface area (Å²) in [4.78, 5) is 13.3. The molecule has 0 bridgehead atoms. The molecular weight excluding hydrogens is 286 g/mol. The fraction of sp³-hybridized carbons (Fsp3) is 0.214. The summed E-state index contributed by atoms with van der Waals surface area (Å²) in [6.07, 6.45) is 1.78. The third-order valence-electron chi connectivity index (χ3n) is 3.06. The lowest BCUT2D eigenvalue weighted by atomic mass is 10.2. The number of amides is 1. The largest absolute Gasteiger partial charge is 0.349 e. The Morgan fingerprint density at radius 3 is 3.00 bits per heavy atom. The van der Waals surface area contributed by atoms with Gasteiger partial charge in [0.05, 0.1) is 5.52 Å². The zero-order valence-corrected chi connectivity index (χ0v) is 12.1. The number of carbonyl (C=O) groups excluding carboxylic acids is 1. The lowest BCUT2D eigenvalue weighted by Crippen LogP contribution is -2.31. The molecule has 0 fully saturated rings. The number of benzene rings is 1. The molecule has 1 aromatic carbocycles. The fourth-order valence-corrected chi connectivity index (χ4v) is 2.58. The van der Waals surface area contributed by atoms with Gasteiger partial charge >= 0.3 is 0 Å². The van der Waals surface area contributed by atoms with Gasteiger partial charge < -0.3 is 10.6 Å². The molecule has 0 spiro atoms. The van der Waals surface area contributed by atoms with Crippen LogP contribution in [0.3, 0.4) is 0 Å². The van der Waals surface area contributed by atoms with Crippen LogP contribution < -0.4 is 10.6 Å². The Labute approximate surface area is 125 Å². The van der Waals surface area contributed by atoms with Gasteiger partial charge in [-0.1, -0.05) is 18.2 Å². The first-order valence-electron chi connectivity index (χ1n) is 6.66. The van der Waals surface area contributed by atoms with E-state index in [9.17, 15) is 4.79 Å². The maximum atomic E-state index is 12.1. The number of nitrogens with zero attached hydrogens (tertiary/aromatic N) is 2. The van der Waals surface area contributed by atoms with E-state index < -0.39 is 0 Å². The molecule has 0 aliphatic rings. The van der Waals surface area contributed by atoms with Crippen molar-refractivity contribution in [1.82, 2.24) is 25.2 Å². The molecule has 3 rings (SSSR count). The van der Waals surface area contributed by atoms with Crippen LogP contribution in [0.5, 0.6) is 0 Å². The van der Waals surface area contributed by atoms with E-state index in [2.05, 4.69) is 25.2 Å². The standard InChI is InChI=1S/C14H15N5OS/c20-14(13-11-3-1-2-4-12(11)18-19-13)16-8-7-15-9-10-5-6-17-21-10/h1-6,15H,7-9H2,(H,16,20)(H,18,19). The Morgan fingerprint density at radius 1 is 1.24 bits per heavy atom. The van der Waals surface area contributed by atoms with Gasteiger partial charge in [-0.2, -0.15) is 5.10 Å². The number of rotatable bonds is 6. The quantitative estimate of drug-likeness (QED) is 0.603. The van der Waals surface area contributed by atoms with Crippen LogP contribution in [-0.4, -0.2) is 33.6 Å². The molecule has 1 amide bonds. The van der Waals surface area contributed by atoms with Gasteiger partial charge in [0.25, 0.3) is 5.91 Å². The highest BCUT2D eigenvalue weighted by atomic mass is 32.1. The summed E-state index contributed by atoms with van der Waals surface area (Å²) in [6, 6.07) is 9.56. The number of hydrogen-bond acceptors (Lipinski definition) is 5. The Bertz CT molecular complexity index is 722. The van der Waals surface area contributed by atoms with Crippen molar-refractivity contribution in [2.75, 3.05) is 13.1 Å². The third kappa shape index (κ3) is 3.26. The molecule has 21 heavy (non-hydrogen) atoms. The minimum Gasteiger partial charge on any atom is -0.349 e. The molecule has 7 heteroatoms. The van der Waals surface area contributed by atoms with Crippen LogP contribution in [0, 0.1) is 0 Å². The third-order valence-corrected chi connectivity index (χ3v) is 3.81. The Kier molecular flexibility index (Phi) is 4.23. The highest BCUT2D eigenvalue weighted by molar-refractivity contribution is 7.05. The average molecular weight is 301 g/mol. The second-order valence-electron chi connectivity index (χ2n) is 4.53. The molecule has 2 heterocycles. The molecule has 108 valence electrons. The van der Waals surface area contributed by atoms with Crippen molar-refractivity contribution in [3.8, 4) is 0 Å². The number of aromatic nitrogens is 3. The zero-order valence-electron chi connectivity index (χ0n) is 11.3. The predicted molar refractivity (Wildman–Crippen MR) is 82.2 cm³/mol. The summed E-state index contributed by atoms with van der Waals surface area (Å²) in [5.74, 6) is -0.160. The zero-order chi connectivity index (χ0) is 14.5. The number of carbonyl (C=O) groups is 1. The molecule has 0 unspecified atom stereocenters. The molecule has 0 aliphatic heterocycles. The van der Waals surface area contributed by atoms with Crippen molar-refractivity contribution in [3.63, 3.8) is 0 Å². The molecule has 2 aromatic heterocycles. The summed E-state index contributed by atoms with van der Waals surface area (Å²) in [7, 11) is 0. The van der Waals surface area contributed by atoms with Gasteiger partial charge in [0.1, 0.15) is 0 Å². The molecule has 0 saturated heterocycles. The number of fused-ring (bicyclic) bond motifs is 1. The first kappa shape index (κ1) is 13.7. The van der Waals surface area contributed by atoms with Crippen molar-refractivity contribution < 1.29 is 4.79 Å². The normalized spacial score (nSPS) is 10.9. The van der Waals surface area contributed by atoms with E-state index in [0.717, 1.165) is 17.4 Å². The van der Waals surface area contributed by atoms with E-state index >= 15 is 0 Å². The summed E-state index contributed by atoms with van der Waals surface area (Å²) in [5, 5.41) is 13.9. The van der Waals surface area contributed by atoms with E-state index in [1.54, 1.807) is 6.20 Å². The lowest BCUT2D eigenvalue weighted by molar-refractivity contribution is 0.0950. The van der Waals surface area contributed by atoms with Gasteiger partial charge in [-0.25, -0.2) is 4.37 Å². The van der Waals surface area contributed by atoms with Gasteiger partial charge in [-0.3, -0.25) is 9.89 Å². The maximum absolute atomic E-state index is 12.1. The van der Waals surface area contributed by atoms with Crippen molar-refractivity contribution in [2.45, 2.75) is 6.54 Å². The first-order chi connectivity index (χ1) is 10.3. The minimum absolute atomic E-state index is 0.160. The Morgan fingerprint density at radius 2 is 2.14 bits per heavy atom. The molecule has 0 saturated carbocycles. The van der Waals surface area contributed by atoms with E-state index in [4.69, 9.17) is 0 Å². The highest BCUT2D eigenvalue weighted by Crippen LogP contribution is 2.14. The molecule has 0 atom stereocenters. The van der Waals surface area contributed by atoms with Crippen molar-refractivity contribution in [3.05, 3.63) is 47.1 Å². The molecule has 3 aromatic rings. The smallest absolute Gasteiger partial charge is 0.272 e. The molecule has 3 N–H and O–H groups in total. The van der Waals surface area contributed by atoms with Crippen LogP contribution in [0.15, 0.2) is 36.5 Å². The van der Waals surface area contributed by atoms with Crippen molar-refractivity contribution in [1.29, 1.82) is 0 Å². The summed E-state index contributed by atoms with van der Waals surface area (Å²) in [6.45, 7) is 2.02. The molecule has 0 radical (unpaired) electrons. The van der Waals surface area contributed by atoms with Crippen molar-refractivity contribution >= 4 is 28.3 Å². The summed E-state index contributed by atoms with van der Waals surface area (Å²) in [5.41, 5.74) is 1.30. The van der Waals surface area contributed by atoms with E-state index in [0.29, 0.717) is 18.8 Å². The van der Waals surface area contributed by atoms with Gasteiger partial charge in [-0.15, -0.1) is 0 Å². The number of hydrogen-bond donors (Lipinski definition) is 3. The van der Waals surface area contributed by atoms with Gasteiger partial charge in [0.2, 0.25) is 0 Å². The van der Waals surface area contributed by atoms with Gasteiger partial charge in [0, 0.05) is 36.1 Å². The SMILES string of the molecule is O=C(NCCNCc1ccns1)c1n[nH]c2ccccc12. The lowest BCUT2D eigenvalue weighted by Gasteiger charge is -2.04. The Hall–Kier alpha value is -2.25. The topological polar surface area (TPSA) is 82.7 Å². The highest BCUT2D eigenvalue weighted by Gasteiger charge is 2.12. The van der Waals surface area contributed by atoms with Crippen LogP contribution in [0.25, 0.3) is 10.9 Å². The fourth-order valence-electron chi connectivity index (χ4n) is 2.03. The second kappa shape index (κ2) is 6.47. The van der Waals surface area contributed by atoms with Crippen LogP contribution in [0.4, 0.5) is 0 Å². The summed E-state index contributed by atoms with van der Waals surface area (Å²) < 4.78 is 4.03. The van der Waals surface area contributed by atoms with Gasteiger partial charge in [0.15, 0.2) is 5.69 Å². The van der Waals surface area contributed by atoms with Crippen LogP contribution in [-0.2, 0) is 6.54 Å². The van der Waals surface area contributed by atoms with Crippen LogP contribution in [0.1, 0.15) is 15.4 Å². The predicted octanol–water partition coefficient (Wildman–Crippen LogP) is 1.54. The van der Waals surface area contributed by atoms with Crippen LogP contribution in [0.2, 0.25) is 0 Å². The van der Waals surface area contributed by atoms with E-state index in [1.807, 2.05) is 30.3 Å². The number of H-pyrrole nitrogens is 1.